The Morgan fingerprint density at radius 3 is 3.00 bits per heavy atom. The monoisotopic (exact) mass is 276 g/mol. The molecule has 0 aliphatic carbocycles. The van der Waals surface area contributed by atoms with Crippen LogP contribution in [0.25, 0.3) is 0 Å². The van der Waals surface area contributed by atoms with Gasteiger partial charge in [0.25, 0.3) is 5.91 Å². The average molecular weight is 276 g/mol. The minimum absolute atomic E-state index is 0.0528. The summed E-state index contributed by atoms with van der Waals surface area (Å²) in [5.41, 5.74) is 2.87. The third kappa shape index (κ3) is 3.52. The van der Waals surface area contributed by atoms with Gasteiger partial charge in [0.05, 0.1) is 5.56 Å². The van der Waals surface area contributed by atoms with Crippen molar-refractivity contribution in [1.82, 2.24) is 10.3 Å². The minimum Gasteiger partial charge on any atom is -0.349 e. The van der Waals surface area contributed by atoms with Gasteiger partial charge in [-0.2, -0.15) is 0 Å². The van der Waals surface area contributed by atoms with E-state index in [1.807, 2.05) is 18.4 Å². The molecule has 0 aliphatic heterocycles. The number of hydrogen-bond acceptors (Lipinski definition) is 5. The zero-order valence-corrected chi connectivity index (χ0v) is 11.4. The molecule has 100 valence electrons. The highest BCUT2D eigenvalue weighted by molar-refractivity contribution is 7.09. The Hall–Kier alpha value is -1.92. The summed E-state index contributed by atoms with van der Waals surface area (Å²) in [7, 11) is 0. The van der Waals surface area contributed by atoms with Crippen molar-refractivity contribution in [3.63, 3.8) is 0 Å². The van der Waals surface area contributed by atoms with Crippen molar-refractivity contribution in [2.24, 2.45) is 5.84 Å². The van der Waals surface area contributed by atoms with Gasteiger partial charge in [-0.15, -0.1) is 11.3 Å². The molecular formula is C13H16N4OS. The van der Waals surface area contributed by atoms with E-state index in [0.717, 1.165) is 6.42 Å². The number of nitrogens with zero attached hydrogens (tertiary/aromatic N) is 1. The van der Waals surface area contributed by atoms with Crippen molar-refractivity contribution in [3.8, 4) is 0 Å². The van der Waals surface area contributed by atoms with E-state index in [-0.39, 0.29) is 11.9 Å². The zero-order chi connectivity index (χ0) is 13.7. The van der Waals surface area contributed by atoms with E-state index in [4.69, 9.17) is 5.84 Å². The first-order valence-electron chi connectivity index (χ1n) is 5.95. The van der Waals surface area contributed by atoms with Crippen molar-refractivity contribution in [3.05, 3.63) is 46.3 Å². The lowest BCUT2D eigenvalue weighted by molar-refractivity contribution is 0.0940. The van der Waals surface area contributed by atoms with E-state index >= 15 is 0 Å². The first-order chi connectivity index (χ1) is 9.20. The molecule has 0 saturated heterocycles. The first-order valence-corrected chi connectivity index (χ1v) is 6.83. The molecule has 0 spiro atoms. The number of rotatable bonds is 5. The number of amides is 1. The summed E-state index contributed by atoms with van der Waals surface area (Å²) >= 11 is 1.69. The molecule has 1 amide bonds. The molecule has 4 N–H and O–H groups in total. The third-order valence-electron chi connectivity index (χ3n) is 2.65. The highest BCUT2D eigenvalue weighted by Gasteiger charge is 2.14. The molecule has 0 bridgehead atoms. The Morgan fingerprint density at radius 2 is 2.32 bits per heavy atom. The van der Waals surface area contributed by atoms with Gasteiger partial charge in [0, 0.05) is 23.5 Å². The van der Waals surface area contributed by atoms with Crippen molar-refractivity contribution in [2.75, 3.05) is 5.43 Å². The predicted octanol–water partition coefficient (Wildman–Crippen LogP) is 1.79. The van der Waals surface area contributed by atoms with Gasteiger partial charge in [-0.05, 0) is 30.5 Å². The fourth-order valence-electron chi connectivity index (χ4n) is 1.79. The summed E-state index contributed by atoms with van der Waals surface area (Å²) in [6, 6.07) is 7.52. The van der Waals surface area contributed by atoms with Gasteiger partial charge in [-0.3, -0.25) is 4.79 Å². The molecule has 19 heavy (non-hydrogen) atoms. The molecule has 0 aromatic carbocycles. The van der Waals surface area contributed by atoms with Crippen molar-refractivity contribution in [2.45, 2.75) is 19.4 Å². The fraction of sp³-hybridized carbons (Fsp3) is 0.231. The Morgan fingerprint density at radius 1 is 1.47 bits per heavy atom. The SMILES string of the molecule is CC(Cc1cccs1)NC(=O)c1cccnc1NN. The Balaban J connectivity index is 2.00. The number of hydrogen-bond donors (Lipinski definition) is 3. The smallest absolute Gasteiger partial charge is 0.255 e. The second kappa shape index (κ2) is 6.31. The molecule has 0 aliphatic rings. The van der Waals surface area contributed by atoms with Gasteiger partial charge in [0.2, 0.25) is 0 Å². The van der Waals surface area contributed by atoms with Crippen molar-refractivity contribution in [1.29, 1.82) is 0 Å². The van der Waals surface area contributed by atoms with Crippen LogP contribution in [0, 0.1) is 0 Å². The van der Waals surface area contributed by atoms with E-state index in [2.05, 4.69) is 21.8 Å². The molecule has 6 heteroatoms. The Labute approximate surface area is 115 Å². The largest absolute Gasteiger partial charge is 0.349 e. The maximum atomic E-state index is 12.1. The third-order valence-corrected chi connectivity index (χ3v) is 3.55. The van der Waals surface area contributed by atoms with Crippen LogP contribution in [0.2, 0.25) is 0 Å². The number of hydrazine groups is 1. The summed E-state index contributed by atoms with van der Waals surface area (Å²) < 4.78 is 0. The van der Waals surface area contributed by atoms with Gasteiger partial charge >= 0.3 is 0 Å². The average Bonchev–Trinajstić information content (AvgIpc) is 2.91. The number of thiophene rings is 1. The number of nitrogens with two attached hydrogens (primary N) is 1. The van der Waals surface area contributed by atoms with Crippen LogP contribution < -0.4 is 16.6 Å². The number of carbonyl (C=O) groups excluding carboxylic acids is 1. The van der Waals surface area contributed by atoms with E-state index < -0.39 is 0 Å². The van der Waals surface area contributed by atoms with Gasteiger partial charge in [0.15, 0.2) is 5.82 Å². The molecule has 0 saturated carbocycles. The Kier molecular flexibility index (Phi) is 4.48. The lowest BCUT2D eigenvalue weighted by atomic mass is 10.2. The standard InChI is InChI=1S/C13H16N4OS/c1-9(8-10-4-3-7-19-10)16-13(18)11-5-2-6-15-12(11)17-14/h2-7,9H,8,14H2,1H3,(H,15,17)(H,16,18). The molecular weight excluding hydrogens is 260 g/mol. The highest BCUT2D eigenvalue weighted by Crippen LogP contribution is 2.13. The summed E-state index contributed by atoms with van der Waals surface area (Å²) in [4.78, 5) is 17.4. The van der Waals surface area contributed by atoms with Crippen LogP contribution in [0.1, 0.15) is 22.2 Å². The number of carbonyl (C=O) groups is 1. The highest BCUT2D eigenvalue weighted by atomic mass is 32.1. The van der Waals surface area contributed by atoms with Crippen molar-refractivity contribution >= 4 is 23.1 Å². The number of aromatic nitrogens is 1. The lowest BCUT2D eigenvalue weighted by Crippen LogP contribution is -2.34. The fourth-order valence-corrected chi connectivity index (χ4v) is 2.62. The predicted molar refractivity (Wildman–Crippen MR) is 77.0 cm³/mol. The number of pyridine rings is 1. The Bertz CT molecular complexity index is 541. The van der Waals surface area contributed by atoms with Crippen LogP contribution in [0.4, 0.5) is 5.82 Å². The van der Waals surface area contributed by atoms with E-state index in [1.54, 1.807) is 29.7 Å². The van der Waals surface area contributed by atoms with Crippen LogP contribution in [0.5, 0.6) is 0 Å². The summed E-state index contributed by atoms with van der Waals surface area (Å²) in [6.07, 6.45) is 2.40. The van der Waals surface area contributed by atoms with Crippen LogP contribution in [0.3, 0.4) is 0 Å². The molecule has 1 atom stereocenters. The van der Waals surface area contributed by atoms with Gasteiger partial charge < -0.3 is 10.7 Å². The molecule has 0 fully saturated rings. The summed E-state index contributed by atoms with van der Waals surface area (Å²) in [5, 5.41) is 4.97. The maximum absolute atomic E-state index is 12.1. The van der Waals surface area contributed by atoms with Gasteiger partial charge in [-0.25, -0.2) is 10.8 Å². The molecule has 1 unspecified atom stereocenters. The van der Waals surface area contributed by atoms with Gasteiger partial charge in [-0.1, -0.05) is 6.07 Å². The van der Waals surface area contributed by atoms with Crippen LogP contribution in [-0.4, -0.2) is 16.9 Å². The van der Waals surface area contributed by atoms with Crippen LogP contribution >= 0.6 is 11.3 Å². The quantitative estimate of drug-likeness (QED) is 0.574. The molecule has 2 aromatic heterocycles. The topological polar surface area (TPSA) is 80.0 Å². The number of nitrogens with one attached hydrogen (secondary N) is 2. The molecule has 0 radical (unpaired) electrons. The second-order valence-corrected chi connectivity index (χ2v) is 5.23. The second-order valence-electron chi connectivity index (χ2n) is 4.20. The maximum Gasteiger partial charge on any atom is 0.255 e. The molecule has 2 aromatic rings. The number of nitrogen functional groups attached to an aromatic ring is 1. The minimum atomic E-state index is -0.176. The van der Waals surface area contributed by atoms with Gasteiger partial charge in [0.1, 0.15) is 0 Å². The van der Waals surface area contributed by atoms with Crippen molar-refractivity contribution < 1.29 is 4.79 Å². The summed E-state index contributed by atoms with van der Waals surface area (Å²) in [5.74, 6) is 5.54. The van der Waals surface area contributed by atoms with Crippen LogP contribution in [0.15, 0.2) is 35.8 Å². The first kappa shape index (κ1) is 13.5. The van der Waals surface area contributed by atoms with E-state index in [9.17, 15) is 4.79 Å². The van der Waals surface area contributed by atoms with E-state index in [0.29, 0.717) is 11.4 Å². The molecule has 2 heterocycles. The zero-order valence-electron chi connectivity index (χ0n) is 10.6. The lowest BCUT2D eigenvalue weighted by Gasteiger charge is -2.14. The van der Waals surface area contributed by atoms with E-state index in [1.165, 1.54) is 4.88 Å². The normalized spacial score (nSPS) is 11.9. The molecule has 5 nitrogen and oxygen atoms in total. The number of anilines is 1. The summed E-state index contributed by atoms with van der Waals surface area (Å²) in [6.45, 7) is 1.98. The molecule has 2 rings (SSSR count). The van der Waals surface area contributed by atoms with Crippen LogP contribution in [-0.2, 0) is 6.42 Å².